The second kappa shape index (κ2) is 8.56. The molecule has 1 saturated heterocycles. The Morgan fingerprint density at radius 1 is 1.16 bits per heavy atom. The van der Waals surface area contributed by atoms with E-state index in [1.165, 1.54) is 4.80 Å². The van der Waals surface area contributed by atoms with Gasteiger partial charge in [0.1, 0.15) is 6.10 Å². The van der Waals surface area contributed by atoms with E-state index in [9.17, 15) is 10.1 Å². The van der Waals surface area contributed by atoms with Crippen LogP contribution in [0.2, 0.25) is 0 Å². The first-order valence-electron chi connectivity index (χ1n) is 10.3. The lowest BCUT2D eigenvalue weighted by atomic mass is 9.99. The average Bonchev–Trinajstić information content (AvgIpc) is 3.30. The van der Waals surface area contributed by atoms with E-state index < -0.39 is 0 Å². The van der Waals surface area contributed by atoms with Crippen molar-refractivity contribution in [2.75, 3.05) is 6.54 Å². The van der Waals surface area contributed by atoms with E-state index in [0.717, 1.165) is 18.4 Å². The summed E-state index contributed by atoms with van der Waals surface area (Å²) in [5.41, 5.74) is 3.45. The summed E-state index contributed by atoms with van der Waals surface area (Å²) in [7, 11) is 0. The third-order valence-electron chi connectivity index (χ3n) is 5.67. The van der Waals surface area contributed by atoms with Crippen LogP contribution >= 0.6 is 0 Å². The van der Waals surface area contributed by atoms with E-state index in [1.807, 2.05) is 36.9 Å². The maximum atomic E-state index is 13.6. The molecule has 0 N–H and O–H groups in total. The number of likely N-dealkylation sites (tertiary alicyclic amines) is 1. The lowest BCUT2D eigenvalue weighted by molar-refractivity contribution is 0.0370. The summed E-state index contributed by atoms with van der Waals surface area (Å²) in [6.07, 6.45) is 6.18. The summed E-state index contributed by atoms with van der Waals surface area (Å²) >= 11 is 0. The van der Waals surface area contributed by atoms with Crippen LogP contribution in [0.1, 0.15) is 46.8 Å². The molecule has 3 aromatic rings. The van der Waals surface area contributed by atoms with Crippen LogP contribution < -0.4 is 4.74 Å². The molecule has 4 rings (SSSR count). The number of carbonyl (C=O) groups is 1. The minimum Gasteiger partial charge on any atom is -0.472 e. The molecule has 158 valence electrons. The van der Waals surface area contributed by atoms with Crippen molar-refractivity contribution in [3.05, 3.63) is 65.1 Å². The average molecular weight is 416 g/mol. The Morgan fingerprint density at radius 3 is 2.68 bits per heavy atom. The number of pyridine rings is 1. The van der Waals surface area contributed by atoms with Crippen LogP contribution in [-0.2, 0) is 0 Å². The zero-order valence-corrected chi connectivity index (χ0v) is 17.8. The molecule has 8 nitrogen and oxygen atoms in total. The van der Waals surface area contributed by atoms with Crippen molar-refractivity contribution in [2.24, 2.45) is 0 Å². The Bertz CT molecular complexity index is 1140. The van der Waals surface area contributed by atoms with Crippen molar-refractivity contribution in [3.63, 3.8) is 0 Å². The monoisotopic (exact) mass is 416 g/mol. The van der Waals surface area contributed by atoms with Gasteiger partial charge in [-0.05, 0) is 51.8 Å². The number of nitrogens with zero attached hydrogens (tertiary/aromatic N) is 6. The van der Waals surface area contributed by atoms with E-state index in [1.54, 1.807) is 24.7 Å². The summed E-state index contributed by atoms with van der Waals surface area (Å²) in [5.74, 6) is 0.371. The molecule has 0 bridgehead atoms. The fraction of sp³-hybridized carbons (Fsp3) is 0.348. The fourth-order valence-corrected chi connectivity index (χ4v) is 3.86. The highest BCUT2D eigenvalue weighted by atomic mass is 16.5. The molecule has 2 aromatic heterocycles. The molecular formula is C23H24N6O2. The number of aryl methyl sites for hydroxylation is 1. The molecule has 0 saturated carbocycles. The van der Waals surface area contributed by atoms with E-state index in [4.69, 9.17) is 4.74 Å². The van der Waals surface area contributed by atoms with Crippen molar-refractivity contribution >= 4 is 5.91 Å². The summed E-state index contributed by atoms with van der Waals surface area (Å²) in [4.78, 5) is 21.2. The maximum Gasteiger partial charge on any atom is 0.256 e. The van der Waals surface area contributed by atoms with Gasteiger partial charge in [0, 0.05) is 17.8 Å². The zero-order valence-electron chi connectivity index (χ0n) is 17.8. The molecule has 0 aliphatic carbocycles. The van der Waals surface area contributed by atoms with Crippen LogP contribution in [0.15, 0.2) is 42.9 Å². The largest absolute Gasteiger partial charge is 0.472 e. The van der Waals surface area contributed by atoms with Gasteiger partial charge in [0.2, 0.25) is 5.88 Å². The number of amides is 1. The van der Waals surface area contributed by atoms with Crippen LogP contribution in [-0.4, -0.2) is 49.5 Å². The minimum absolute atomic E-state index is 0.0748. The van der Waals surface area contributed by atoms with Gasteiger partial charge in [0.05, 0.1) is 41.8 Å². The first kappa shape index (κ1) is 20.5. The molecule has 1 aliphatic heterocycles. The van der Waals surface area contributed by atoms with Crippen LogP contribution in [0.4, 0.5) is 0 Å². The smallest absolute Gasteiger partial charge is 0.256 e. The highest BCUT2D eigenvalue weighted by Gasteiger charge is 2.32. The van der Waals surface area contributed by atoms with E-state index in [0.29, 0.717) is 34.8 Å². The number of ether oxygens (including phenoxy) is 1. The SMILES string of the molecule is Cc1ccc(-n2nccn2)c(C(=O)N2C[C@H](Oc3nccc(C#N)c3C)CC[C@H]2C)c1. The van der Waals surface area contributed by atoms with Gasteiger partial charge < -0.3 is 9.64 Å². The first-order chi connectivity index (χ1) is 15.0. The van der Waals surface area contributed by atoms with Crippen molar-refractivity contribution in [2.45, 2.75) is 45.8 Å². The number of piperidine rings is 1. The number of hydrogen-bond acceptors (Lipinski definition) is 6. The number of aromatic nitrogens is 4. The standard InChI is InChI=1S/C23H24N6O2/c1-15-4-7-21(29-26-10-11-27-29)20(12-15)23(30)28-14-19(6-5-16(28)2)31-22-17(3)18(13-24)8-9-25-22/h4,7-12,16,19H,5-6,14H2,1-3H3/t16-,19-/m1/s1. The third-order valence-corrected chi connectivity index (χ3v) is 5.67. The molecule has 2 atom stereocenters. The minimum atomic E-state index is -0.198. The van der Waals surface area contributed by atoms with E-state index in [-0.39, 0.29) is 18.1 Å². The summed E-state index contributed by atoms with van der Waals surface area (Å²) in [6, 6.07) is 9.58. The van der Waals surface area contributed by atoms with Crippen molar-refractivity contribution in [1.29, 1.82) is 5.26 Å². The Hall–Kier alpha value is -3.73. The molecule has 31 heavy (non-hydrogen) atoms. The molecule has 0 radical (unpaired) electrons. The van der Waals surface area contributed by atoms with Crippen molar-refractivity contribution in [3.8, 4) is 17.6 Å². The quantitative estimate of drug-likeness (QED) is 0.648. The molecule has 1 aliphatic rings. The van der Waals surface area contributed by atoms with Gasteiger partial charge in [-0.2, -0.15) is 20.3 Å². The molecule has 0 spiro atoms. The predicted octanol–water partition coefficient (Wildman–Crippen LogP) is 3.22. The molecular weight excluding hydrogens is 392 g/mol. The summed E-state index contributed by atoms with van der Waals surface area (Å²) in [6.45, 7) is 6.28. The molecule has 1 aromatic carbocycles. The van der Waals surface area contributed by atoms with Crippen LogP contribution in [0.25, 0.3) is 5.69 Å². The Balaban J connectivity index is 1.59. The third kappa shape index (κ3) is 4.12. The lowest BCUT2D eigenvalue weighted by Crippen LogP contribution is -2.49. The molecule has 1 amide bonds. The topological polar surface area (TPSA) is 96.9 Å². The van der Waals surface area contributed by atoms with Gasteiger partial charge in [-0.3, -0.25) is 4.79 Å². The molecule has 8 heteroatoms. The van der Waals surface area contributed by atoms with Gasteiger partial charge in [0.25, 0.3) is 5.91 Å². The van der Waals surface area contributed by atoms with E-state index in [2.05, 4.69) is 28.2 Å². The van der Waals surface area contributed by atoms with Crippen molar-refractivity contribution < 1.29 is 9.53 Å². The summed E-state index contributed by atoms with van der Waals surface area (Å²) < 4.78 is 6.13. The van der Waals surface area contributed by atoms with Gasteiger partial charge >= 0.3 is 0 Å². The second-order valence-electron chi connectivity index (χ2n) is 7.86. The fourth-order valence-electron chi connectivity index (χ4n) is 3.86. The number of hydrogen-bond donors (Lipinski definition) is 0. The van der Waals surface area contributed by atoms with Gasteiger partial charge in [-0.1, -0.05) is 11.6 Å². The van der Waals surface area contributed by atoms with Crippen LogP contribution in [0, 0.1) is 25.2 Å². The number of rotatable bonds is 4. The Kier molecular flexibility index (Phi) is 5.67. The van der Waals surface area contributed by atoms with E-state index >= 15 is 0 Å². The number of benzene rings is 1. The lowest BCUT2D eigenvalue weighted by Gasteiger charge is -2.38. The molecule has 0 unspecified atom stereocenters. The highest BCUT2D eigenvalue weighted by Crippen LogP contribution is 2.27. The number of carbonyl (C=O) groups excluding carboxylic acids is 1. The Morgan fingerprint density at radius 2 is 1.94 bits per heavy atom. The van der Waals surface area contributed by atoms with Crippen molar-refractivity contribution in [1.82, 2.24) is 24.9 Å². The van der Waals surface area contributed by atoms with Gasteiger partial charge in [-0.25, -0.2) is 4.98 Å². The summed E-state index contributed by atoms with van der Waals surface area (Å²) in [5, 5.41) is 17.6. The maximum absolute atomic E-state index is 13.6. The number of nitriles is 1. The Labute approximate surface area is 181 Å². The highest BCUT2D eigenvalue weighted by molar-refractivity contribution is 5.98. The predicted molar refractivity (Wildman–Crippen MR) is 114 cm³/mol. The van der Waals surface area contributed by atoms with Crippen LogP contribution in [0.5, 0.6) is 5.88 Å². The molecule has 1 fully saturated rings. The van der Waals surface area contributed by atoms with Gasteiger partial charge in [0.15, 0.2) is 0 Å². The first-order valence-corrected chi connectivity index (χ1v) is 10.3. The van der Waals surface area contributed by atoms with Crippen LogP contribution in [0.3, 0.4) is 0 Å². The van der Waals surface area contributed by atoms with Gasteiger partial charge in [-0.15, -0.1) is 0 Å². The normalized spacial score (nSPS) is 18.5. The second-order valence-corrected chi connectivity index (χ2v) is 7.86. The molecule has 3 heterocycles. The zero-order chi connectivity index (χ0) is 22.0.